The number of methoxy groups -OCH3 is 3. The van der Waals surface area contributed by atoms with E-state index in [0.29, 0.717) is 93.2 Å². The van der Waals surface area contributed by atoms with Crippen LogP contribution < -0.4 is 0 Å². The molecular weight excluding hydrogens is 1740 g/mol. The summed E-state index contributed by atoms with van der Waals surface area (Å²) in [6.07, 6.45) is 24.7. The number of fused-ring (bicyclic) bond motifs is 10. The van der Waals surface area contributed by atoms with Crippen molar-refractivity contribution in [1.29, 1.82) is 0 Å². The largest absolute Gasteiger partial charge is 0.509 e. The van der Waals surface area contributed by atoms with Crippen molar-refractivity contribution in [1.82, 2.24) is 0 Å². The van der Waals surface area contributed by atoms with Gasteiger partial charge in [-0.3, -0.25) is 57.5 Å². The van der Waals surface area contributed by atoms with Gasteiger partial charge in [-0.15, -0.1) is 0 Å². The molecule has 16 unspecified atom stereocenters. The number of rotatable bonds is 19. The molecule has 2 radical (unpaired) electrons. The lowest BCUT2D eigenvalue weighted by molar-refractivity contribution is -0.169. The topological polar surface area (TPSA) is 387 Å². The van der Waals surface area contributed by atoms with Crippen molar-refractivity contribution in [3.05, 3.63) is 0 Å². The van der Waals surface area contributed by atoms with Crippen molar-refractivity contribution in [3.8, 4) is 0 Å². The summed E-state index contributed by atoms with van der Waals surface area (Å²) in [5.74, 6) is 4.34. The Balaban J connectivity index is 0.00000145. The van der Waals surface area contributed by atoms with Gasteiger partial charge >= 0.3 is 83.9 Å². The highest BCUT2D eigenvalue weighted by atomic mass is 16.8. The van der Waals surface area contributed by atoms with Crippen LogP contribution >= 0.6 is 0 Å². The van der Waals surface area contributed by atoms with Gasteiger partial charge in [0.25, 0.3) is 0 Å². The zero-order valence-corrected chi connectivity index (χ0v) is 89.4. The zero-order chi connectivity index (χ0) is 104. The summed E-state index contributed by atoms with van der Waals surface area (Å²) < 4.78 is 78.0. The Kier molecular flexibility index (Phi) is 58.8. The van der Waals surface area contributed by atoms with Crippen molar-refractivity contribution in [2.24, 2.45) is 73.4 Å². The Bertz CT molecular complexity index is 3460. The minimum Gasteiger partial charge on any atom is -0.469 e. The van der Waals surface area contributed by atoms with Gasteiger partial charge in [-0.05, 0) is 251 Å². The molecule has 11 saturated heterocycles. The van der Waals surface area contributed by atoms with E-state index in [4.69, 9.17) is 56.8 Å². The lowest BCUT2D eigenvalue weighted by atomic mass is 9.64. The maximum Gasteiger partial charge on any atom is 0.509 e. The number of ether oxygens (including phenoxy) is 16. The number of cyclic esters (lactones) is 5. The zero-order valence-electron chi connectivity index (χ0n) is 89.4. The minimum absolute atomic E-state index is 0.0287. The second-order valence-corrected chi connectivity index (χ2v) is 40.5. The molecule has 3 saturated carbocycles. The van der Waals surface area contributed by atoms with Crippen molar-refractivity contribution in [2.75, 3.05) is 67.6 Å². The second-order valence-electron chi connectivity index (χ2n) is 40.5. The Labute approximate surface area is 812 Å². The summed E-state index contributed by atoms with van der Waals surface area (Å²) >= 11 is 0. The SMILES string of the molecule is CC.CC.CC.CCC(C)(C)C(=O)OC.CCC(C)(C)C(=O)OC.CCC(C)(C)C(=O)OC.CCC(C)(C)C(=O)OC1(C)COC(=O)C1.CCC(C)(C)C(=O)OCC1COC(=O)O1.CCOC(=O)C(C)(C)CC.CCOC(=O)C(C)(C)CC.O=C1CC2CC3[B]C2C(C3)O1.O=C1CC2CCCC(C2)O1.O=C1OC2CCCCC2O1.O=C1OCC2C3[B]C(CC3)C12.O=C1OCC2CCCCC12. The monoisotopic (exact) mass is 1920 g/mol. The fourth-order valence-electron chi connectivity index (χ4n) is 15.9. The first-order chi connectivity index (χ1) is 63.2. The van der Waals surface area contributed by atoms with Gasteiger partial charge in [-0.1, -0.05) is 140 Å². The van der Waals surface area contributed by atoms with Crippen LogP contribution in [0.3, 0.4) is 0 Å². The number of hydrogen-bond acceptors (Lipinski definition) is 30. The summed E-state index contributed by atoms with van der Waals surface area (Å²) in [5.41, 5.74) is -3.33. The van der Waals surface area contributed by atoms with Gasteiger partial charge in [-0.25, -0.2) is 9.59 Å². The van der Waals surface area contributed by atoms with Crippen LogP contribution in [-0.2, 0) is 133 Å². The highest BCUT2D eigenvalue weighted by Gasteiger charge is 2.56. The Morgan fingerprint density at radius 1 is 0.385 bits per heavy atom. The van der Waals surface area contributed by atoms with Gasteiger partial charge in [0.1, 0.15) is 52.7 Å². The molecule has 135 heavy (non-hydrogen) atoms. The van der Waals surface area contributed by atoms with Gasteiger partial charge in [0.15, 0.2) is 11.7 Å². The summed E-state index contributed by atoms with van der Waals surface area (Å²) in [6, 6.07) is 0. The molecule has 3 aliphatic carbocycles. The normalized spacial score (nSPS) is 26.3. The number of carbonyl (C=O) groups is 14. The maximum absolute atomic E-state index is 11.8. The van der Waals surface area contributed by atoms with E-state index in [2.05, 4.69) is 33.5 Å². The lowest BCUT2D eigenvalue weighted by Gasteiger charge is -2.34. The van der Waals surface area contributed by atoms with Gasteiger partial charge in [-0.2, -0.15) is 0 Å². The van der Waals surface area contributed by atoms with E-state index in [0.717, 1.165) is 89.3 Å². The van der Waals surface area contributed by atoms with Crippen LogP contribution in [-0.4, -0.2) is 202 Å². The number of carbonyl (C=O) groups excluding carboxylic acids is 14. The fraction of sp³-hybridized carbons (Fsp3) is 0.864. The predicted molar refractivity (Wildman–Crippen MR) is 516 cm³/mol. The molecule has 30 nitrogen and oxygen atoms in total. The molecule has 14 fully saturated rings. The van der Waals surface area contributed by atoms with Crippen LogP contribution in [0, 0.1) is 73.4 Å². The highest BCUT2D eigenvalue weighted by molar-refractivity contribution is 6.43. The molecule has 0 spiro atoms. The second kappa shape index (κ2) is 62.4. The van der Waals surface area contributed by atoms with E-state index < -0.39 is 34.8 Å². The quantitative estimate of drug-likeness (QED) is 0.0658. The van der Waals surface area contributed by atoms with Crippen LogP contribution in [0.15, 0.2) is 0 Å². The number of esters is 12. The van der Waals surface area contributed by atoms with Crippen LogP contribution in [0.2, 0.25) is 23.3 Å². The third kappa shape index (κ3) is 43.3. The highest BCUT2D eigenvalue weighted by Crippen LogP contribution is 2.58. The van der Waals surface area contributed by atoms with Crippen LogP contribution in [0.4, 0.5) is 9.59 Å². The van der Waals surface area contributed by atoms with E-state index in [9.17, 15) is 67.1 Å². The van der Waals surface area contributed by atoms with Crippen LogP contribution in [0.25, 0.3) is 0 Å². The molecule has 11 heterocycles. The molecule has 0 N–H and O–H groups in total. The third-order valence-corrected chi connectivity index (χ3v) is 27.7. The molecule has 6 bridgehead atoms. The Morgan fingerprint density at radius 3 is 1.22 bits per heavy atom. The van der Waals surface area contributed by atoms with Gasteiger partial charge in [0.2, 0.25) is 0 Å². The standard InChI is InChI=1S/C11H18O4.C10H16O5.2C8H10BO2.2C8H12O2.2C8H16O2.C7H10O3.3C7H14O2.3C2H6/c1-5-10(2,3)9(13)15-11(4)6-8(12)14-7-11;1-4-10(2,3)8(11)13-5-7-6-14-9(12)15-7;10-7-2-4-1-5-3-6(11-7)8(4)9-5;10-8-7-4(3-11-8)5-1-2-6(7)9-5;9-8-5-6-2-1-3-7(4-6)10-8;9-8-7-4-2-1-3-6(7)5-10-8;2*1-5-8(3,4)7(9)10-6-2;8-7-9-5-3-1-2-4-6(5)10-7;3*1-5-7(2,3)6(8)9-4;3*1-2/h5-7H2,1-4H3;7H,4-6H2,1-3H3;4-6,8H,1-3H2;4-7H,1-3H2;2*6-7H,1-5H2;2*5-6H2,1-4H3;5-6H,1-4H2;3*5H2,1-4H3;3*1-2H3. The lowest BCUT2D eigenvalue weighted by Crippen LogP contribution is -2.38. The predicted octanol–water partition coefficient (Wildman–Crippen LogP) is 21.2. The fourth-order valence-corrected chi connectivity index (χ4v) is 15.9. The first kappa shape index (κ1) is 127. The molecule has 14 rings (SSSR count). The molecule has 0 aromatic rings. The van der Waals surface area contributed by atoms with E-state index in [1.165, 1.54) is 72.7 Å². The number of hydrogen-bond donors (Lipinski definition) is 0. The summed E-state index contributed by atoms with van der Waals surface area (Å²) in [6.45, 7) is 59.9. The van der Waals surface area contributed by atoms with Crippen molar-refractivity contribution in [3.63, 3.8) is 0 Å². The Morgan fingerprint density at radius 2 is 0.822 bits per heavy atom. The molecule has 778 valence electrons. The third-order valence-electron chi connectivity index (χ3n) is 27.7. The average molecular weight is 1920 g/mol. The van der Waals surface area contributed by atoms with Crippen molar-refractivity contribution < 1.29 is 143 Å². The maximum atomic E-state index is 11.8. The molecule has 0 aromatic carbocycles. The van der Waals surface area contributed by atoms with Crippen LogP contribution in [0.1, 0.15) is 375 Å². The molecular formula is C103H180B2O30. The first-order valence-electron chi connectivity index (χ1n) is 50.5. The minimum atomic E-state index is -0.777. The molecule has 14 aliphatic rings. The van der Waals surface area contributed by atoms with E-state index in [1.54, 1.807) is 6.92 Å². The summed E-state index contributed by atoms with van der Waals surface area (Å²) in [7, 11) is 9.04. The Hall–Kier alpha value is -7.69. The molecule has 0 aromatic heterocycles. The van der Waals surface area contributed by atoms with Gasteiger partial charge < -0.3 is 75.8 Å². The van der Waals surface area contributed by atoms with E-state index >= 15 is 0 Å². The van der Waals surface area contributed by atoms with Crippen molar-refractivity contribution >= 4 is 98.5 Å². The summed E-state index contributed by atoms with van der Waals surface area (Å²) in [5, 5.41) is 0. The molecule has 16 atom stereocenters. The first-order valence-corrected chi connectivity index (χ1v) is 50.5. The smallest absolute Gasteiger partial charge is 0.469 e. The average Bonchev–Trinajstić information content (AvgIpc) is 1.60. The van der Waals surface area contributed by atoms with Crippen molar-refractivity contribution in [2.45, 2.75) is 434 Å². The summed E-state index contributed by atoms with van der Waals surface area (Å²) in [4.78, 5) is 154. The van der Waals surface area contributed by atoms with E-state index in [1.807, 2.05) is 201 Å². The van der Waals surface area contributed by atoms with E-state index in [-0.39, 0.29) is 161 Å². The molecule has 0 amide bonds. The van der Waals surface area contributed by atoms with Crippen LogP contribution in [0.5, 0.6) is 0 Å². The molecule has 32 heteroatoms. The molecule has 11 aliphatic heterocycles. The van der Waals surface area contributed by atoms with Gasteiger partial charge in [0, 0.05) is 24.7 Å². The van der Waals surface area contributed by atoms with Gasteiger partial charge in [0.05, 0.1) is 110 Å².